The lowest BCUT2D eigenvalue weighted by Gasteiger charge is -2.18. The zero-order valence-corrected chi connectivity index (χ0v) is 23.7. The van der Waals surface area contributed by atoms with E-state index in [0.717, 1.165) is 12.8 Å². The van der Waals surface area contributed by atoms with Gasteiger partial charge in [-0.25, -0.2) is 0 Å². The second kappa shape index (κ2) is 16.3. The first-order valence-corrected chi connectivity index (χ1v) is 13.9. The van der Waals surface area contributed by atoms with Crippen molar-refractivity contribution in [3.63, 3.8) is 0 Å². The van der Waals surface area contributed by atoms with Crippen LogP contribution in [0.25, 0.3) is 0 Å². The van der Waals surface area contributed by atoms with Crippen molar-refractivity contribution in [2.45, 2.75) is 83.6 Å². The molecule has 3 rings (SSSR count). The minimum absolute atomic E-state index is 0.282. The lowest BCUT2D eigenvalue weighted by atomic mass is 10.0. The van der Waals surface area contributed by atoms with E-state index in [1.54, 1.807) is 42.4 Å². The summed E-state index contributed by atoms with van der Waals surface area (Å²) in [5.41, 5.74) is 0.893. The Morgan fingerprint density at radius 1 is 0.897 bits per heavy atom. The fourth-order valence-electron chi connectivity index (χ4n) is 4.46. The van der Waals surface area contributed by atoms with E-state index in [1.165, 1.54) is 65.6 Å². The summed E-state index contributed by atoms with van der Waals surface area (Å²) in [6.45, 7) is 2.90. The summed E-state index contributed by atoms with van der Waals surface area (Å²) in [6.07, 6.45) is 14.2. The van der Waals surface area contributed by atoms with Crippen molar-refractivity contribution in [3.8, 4) is 17.2 Å². The number of carbonyl (C=O) groups is 1. The predicted molar refractivity (Wildman–Crippen MR) is 150 cm³/mol. The van der Waals surface area contributed by atoms with E-state index in [0.29, 0.717) is 35.2 Å². The van der Waals surface area contributed by atoms with Crippen LogP contribution in [-0.2, 0) is 11.3 Å². The van der Waals surface area contributed by atoms with Crippen molar-refractivity contribution in [3.05, 3.63) is 48.0 Å². The van der Waals surface area contributed by atoms with Crippen LogP contribution in [0.15, 0.2) is 36.5 Å². The van der Waals surface area contributed by atoms with Crippen molar-refractivity contribution >= 4 is 11.6 Å². The highest BCUT2D eigenvalue weighted by molar-refractivity contribution is 5.99. The van der Waals surface area contributed by atoms with Crippen LogP contribution in [-0.4, -0.2) is 52.4 Å². The molecule has 10 heteroatoms. The fraction of sp³-hybridized carbons (Fsp3) is 0.552. The van der Waals surface area contributed by atoms with Crippen LogP contribution in [0, 0.1) is 0 Å². The summed E-state index contributed by atoms with van der Waals surface area (Å²) >= 11 is 0. The Kier molecular flexibility index (Phi) is 12.5. The number of rotatable bonds is 18. The van der Waals surface area contributed by atoms with E-state index in [-0.39, 0.29) is 11.7 Å². The maximum absolute atomic E-state index is 13.6. The number of nitrogens with zero attached hydrogens (tertiary/aromatic N) is 5. The summed E-state index contributed by atoms with van der Waals surface area (Å²) in [7, 11) is 4.58. The van der Waals surface area contributed by atoms with E-state index in [1.807, 2.05) is 6.07 Å². The number of pyridine rings is 1. The second-order valence-electron chi connectivity index (χ2n) is 9.51. The van der Waals surface area contributed by atoms with Gasteiger partial charge in [0.2, 0.25) is 5.91 Å². The van der Waals surface area contributed by atoms with Gasteiger partial charge in [0.1, 0.15) is 28.9 Å². The molecule has 1 amide bonds. The zero-order chi connectivity index (χ0) is 27.9. The minimum Gasteiger partial charge on any atom is -0.496 e. The minimum atomic E-state index is -0.871. The SMILES string of the molecule is CCCCCCCCCCCCn1nnc([C@@H](C(=O)Nc2c(OC)cc(OC)cc2OC)c2ccccn2)n1. The second-order valence-corrected chi connectivity index (χ2v) is 9.51. The Labute approximate surface area is 231 Å². The Bertz CT molecular complexity index is 1110. The molecule has 0 aliphatic rings. The van der Waals surface area contributed by atoms with Crippen LogP contribution in [0.1, 0.15) is 88.6 Å². The molecule has 1 atom stereocenters. The molecular formula is C29H42N6O4. The highest BCUT2D eigenvalue weighted by atomic mass is 16.5. The van der Waals surface area contributed by atoms with Crippen molar-refractivity contribution in [1.82, 2.24) is 25.2 Å². The summed E-state index contributed by atoms with van der Waals surface area (Å²) in [4.78, 5) is 19.6. The number of aromatic nitrogens is 5. The topological polar surface area (TPSA) is 113 Å². The maximum Gasteiger partial charge on any atom is 0.241 e. The van der Waals surface area contributed by atoms with Gasteiger partial charge in [-0.3, -0.25) is 9.78 Å². The number of methoxy groups -OCH3 is 3. The standard InChI is InChI=1S/C29H42N6O4/c1-5-6-7-8-9-10-11-12-13-16-19-35-33-28(32-34-35)26(23-17-14-15-18-30-23)29(36)31-27-24(38-3)20-22(37-2)21-25(27)39-4/h14-15,17-18,20-21,26H,5-13,16,19H2,1-4H3,(H,31,36)/t26-/m0/s1. The summed E-state index contributed by atoms with van der Waals surface area (Å²) in [5, 5.41) is 15.9. The average Bonchev–Trinajstić information content (AvgIpc) is 3.42. The van der Waals surface area contributed by atoms with Crippen LogP contribution in [0.5, 0.6) is 17.2 Å². The summed E-state index contributed by atoms with van der Waals surface area (Å²) in [5.74, 6) is 0.371. The molecule has 0 unspecified atom stereocenters. The number of carbonyl (C=O) groups excluding carboxylic acids is 1. The van der Waals surface area contributed by atoms with Crippen LogP contribution in [0.2, 0.25) is 0 Å². The molecule has 0 radical (unpaired) electrons. The van der Waals surface area contributed by atoms with Gasteiger partial charge in [0.05, 0.1) is 33.6 Å². The number of unbranched alkanes of at least 4 members (excludes halogenated alkanes) is 9. The Morgan fingerprint density at radius 3 is 2.10 bits per heavy atom. The maximum atomic E-state index is 13.6. The molecule has 0 fully saturated rings. The van der Waals surface area contributed by atoms with Gasteiger partial charge < -0.3 is 19.5 Å². The molecule has 0 aliphatic heterocycles. The number of anilines is 1. The quantitative estimate of drug-likeness (QED) is 0.203. The van der Waals surface area contributed by atoms with E-state index in [2.05, 4.69) is 32.6 Å². The number of amides is 1. The molecule has 2 aromatic heterocycles. The van der Waals surface area contributed by atoms with Crippen molar-refractivity contribution < 1.29 is 19.0 Å². The Hall–Kier alpha value is -3.69. The first-order valence-electron chi connectivity index (χ1n) is 13.9. The van der Waals surface area contributed by atoms with E-state index in [9.17, 15) is 4.79 Å². The zero-order valence-electron chi connectivity index (χ0n) is 23.7. The smallest absolute Gasteiger partial charge is 0.241 e. The average molecular weight is 539 g/mol. The molecule has 0 saturated carbocycles. The molecule has 0 bridgehead atoms. The first kappa shape index (κ1) is 29.9. The van der Waals surface area contributed by atoms with Crippen LogP contribution >= 0.6 is 0 Å². The van der Waals surface area contributed by atoms with Gasteiger partial charge in [-0.15, -0.1) is 10.2 Å². The van der Waals surface area contributed by atoms with Crippen molar-refractivity contribution in [1.29, 1.82) is 0 Å². The molecule has 39 heavy (non-hydrogen) atoms. The predicted octanol–water partition coefficient (Wildman–Crippen LogP) is 5.79. The molecule has 1 aromatic carbocycles. The van der Waals surface area contributed by atoms with E-state index < -0.39 is 5.92 Å². The molecule has 3 aromatic rings. The molecule has 1 N–H and O–H groups in total. The highest BCUT2D eigenvalue weighted by Gasteiger charge is 2.30. The van der Waals surface area contributed by atoms with Crippen LogP contribution in [0.4, 0.5) is 5.69 Å². The number of benzene rings is 1. The molecular weight excluding hydrogens is 496 g/mol. The number of nitrogens with one attached hydrogen (secondary N) is 1. The van der Waals surface area contributed by atoms with Crippen molar-refractivity contribution in [2.24, 2.45) is 0 Å². The van der Waals surface area contributed by atoms with Gasteiger partial charge in [-0.05, 0) is 23.8 Å². The lowest BCUT2D eigenvalue weighted by Crippen LogP contribution is -2.25. The molecule has 0 spiro atoms. The third-order valence-corrected chi connectivity index (χ3v) is 6.65. The summed E-state index contributed by atoms with van der Waals surface area (Å²) in [6, 6.07) is 8.74. The fourth-order valence-corrected chi connectivity index (χ4v) is 4.46. The van der Waals surface area contributed by atoms with Gasteiger partial charge in [0.25, 0.3) is 0 Å². The van der Waals surface area contributed by atoms with Crippen molar-refractivity contribution in [2.75, 3.05) is 26.6 Å². The van der Waals surface area contributed by atoms with E-state index in [4.69, 9.17) is 14.2 Å². The van der Waals surface area contributed by atoms with Gasteiger partial charge in [0, 0.05) is 18.3 Å². The third-order valence-electron chi connectivity index (χ3n) is 6.65. The highest BCUT2D eigenvalue weighted by Crippen LogP contribution is 2.39. The molecule has 10 nitrogen and oxygen atoms in total. The van der Waals surface area contributed by atoms with Gasteiger partial charge in [-0.2, -0.15) is 4.80 Å². The van der Waals surface area contributed by atoms with Crippen LogP contribution < -0.4 is 19.5 Å². The van der Waals surface area contributed by atoms with Gasteiger partial charge in [0.15, 0.2) is 5.82 Å². The third kappa shape index (κ3) is 8.94. The normalized spacial score (nSPS) is 11.7. The molecule has 0 saturated heterocycles. The number of hydrogen-bond donors (Lipinski definition) is 1. The number of hydrogen-bond acceptors (Lipinski definition) is 8. The Balaban J connectivity index is 1.65. The van der Waals surface area contributed by atoms with Gasteiger partial charge >= 0.3 is 0 Å². The largest absolute Gasteiger partial charge is 0.496 e. The molecule has 2 heterocycles. The van der Waals surface area contributed by atoms with Crippen LogP contribution in [0.3, 0.4) is 0 Å². The monoisotopic (exact) mass is 538 g/mol. The number of aryl methyl sites for hydroxylation is 1. The van der Waals surface area contributed by atoms with Gasteiger partial charge in [-0.1, -0.05) is 70.8 Å². The molecule has 212 valence electrons. The first-order chi connectivity index (χ1) is 19.1. The number of ether oxygens (including phenoxy) is 3. The number of tetrazole rings is 1. The summed E-state index contributed by atoms with van der Waals surface area (Å²) < 4.78 is 16.3. The van der Waals surface area contributed by atoms with E-state index >= 15 is 0 Å². The Morgan fingerprint density at radius 2 is 1.54 bits per heavy atom. The lowest BCUT2D eigenvalue weighted by molar-refractivity contribution is -0.117. The molecule has 0 aliphatic carbocycles.